The minimum absolute atomic E-state index is 0.171. The van der Waals surface area contributed by atoms with Crippen molar-refractivity contribution in [3.8, 4) is 5.75 Å². The Morgan fingerprint density at radius 3 is 2.56 bits per heavy atom. The summed E-state index contributed by atoms with van der Waals surface area (Å²) >= 11 is 0. The van der Waals surface area contributed by atoms with Crippen molar-refractivity contribution in [1.82, 2.24) is 0 Å². The summed E-state index contributed by atoms with van der Waals surface area (Å²) in [4.78, 5) is 0. The van der Waals surface area contributed by atoms with E-state index in [1.807, 2.05) is 6.92 Å². The Morgan fingerprint density at radius 1 is 1.31 bits per heavy atom. The van der Waals surface area contributed by atoms with Gasteiger partial charge >= 0.3 is 0 Å². The summed E-state index contributed by atoms with van der Waals surface area (Å²) < 4.78 is 5.82. The molecule has 2 nitrogen and oxygen atoms in total. The Morgan fingerprint density at radius 2 is 2.00 bits per heavy atom. The van der Waals surface area contributed by atoms with E-state index in [0.29, 0.717) is 0 Å². The molecule has 2 heteroatoms. The average Bonchev–Trinajstić information content (AvgIpc) is 2.15. The molecule has 0 fully saturated rings. The Balaban J connectivity index is 3.00. The first-order valence-corrected chi connectivity index (χ1v) is 6.03. The van der Waals surface area contributed by atoms with Crippen molar-refractivity contribution in [2.45, 2.75) is 46.6 Å². The predicted molar refractivity (Wildman–Crippen MR) is 69.1 cm³/mol. The second-order valence-corrected chi connectivity index (χ2v) is 4.60. The van der Waals surface area contributed by atoms with E-state index in [-0.39, 0.29) is 6.04 Å². The number of aryl methyl sites for hydroxylation is 2. The van der Waals surface area contributed by atoms with Crippen LogP contribution in [0, 0.1) is 13.8 Å². The third kappa shape index (κ3) is 3.53. The molecule has 0 saturated heterocycles. The van der Waals surface area contributed by atoms with E-state index in [9.17, 15) is 0 Å². The van der Waals surface area contributed by atoms with Gasteiger partial charge in [0.05, 0.1) is 6.61 Å². The molecule has 0 saturated carbocycles. The lowest BCUT2D eigenvalue weighted by Crippen LogP contribution is -2.18. The molecule has 90 valence electrons. The SMILES string of the molecule is CCCOc1c(C)cc(C)cc1CC(C)N. The molecule has 1 atom stereocenters. The van der Waals surface area contributed by atoms with Crippen molar-refractivity contribution < 1.29 is 4.74 Å². The molecule has 0 heterocycles. The van der Waals surface area contributed by atoms with Crippen molar-refractivity contribution in [1.29, 1.82) is 0 Å². The number of hydrogen-bond donors (Lipinski definition) is 1. The van der Waals surface area contributed by atoms with Crippen LogP contribution in [0.2, 0.25) is 0 Å². The highest BCUT2D eigenvalue weighted by Gasteiger charge is 2.10. The lowest BCUT2D eigenvalue weighted by atomic mass is 10.0. The third-order valence-corrected chi connectivity index (χ3v) is 2.49. The Kier molecular flexibility index (Phi) is 4.81. The molecule has 16 heavy (non-hydrogen) atoms. The molecule has 1 aromatic carbocycles. The van der Waals surface area contributed by atoms with E-state index in [4.69, 9.17) is 10.5 Å². The highest BCUT2D eigenvalue weighted by molar-refractivity contribution is 5.44. The van der Waals surface area contributed by atoms with Gasteiger partial charge in [-0.25, -0.2) is 0 Å². The first kappa shape index (κ1) is 13.0. The second-order valence-electron chi connectivity index (χ2n) is 4.60. The van der Waals surface area contributed by atoms with Crippen LogP contribution in [-0.4, -0.2) is 12.6 Å². The Hall–Kier alpha value is -1.02. The molecule has 1 unspecified atom stereocenters. The minimum atomic E-state index is 0.171. The zero-order valence-electron chi connectivity index (χ0n) is 10.8. The Bertz CT molecular complexity index is 345. The van der Waals surface area contributed by atoms with Gasteiger partial charge < -0.3 is 10.5 Å². The predicted octanol–water partition coefficient (Wildman–Crippen LogP) is 2.98. The van der Waals surface area contributed by atoms with Crippen molar-refractivity contribution in [2.75, 3.05) is 6.61 Å². The van der Waals surface area contributed by atoms with Gasteiger partial charge in [0.25, 0.3) is 0 Å². The number of rotatable bonds is 5. The highest BCUT2D eigenvalue weighted by Crippen LogP contribution is 2.26. The maximum atomic E-state index is 5.87. The van der Waals surface area contributed by atoms with Crippen molar-refractivity contribution in [2.24, 2.45) is 5.73 Å². The van der Waals surface area contributed by atoms with Crippen LogP contribution >= 0.6 is 0 Å². The monoisotopic (exact) mass is 221 g/mol. The summed E-state index contributed by atoms with van der Waals surface area (Å²) in [5.41, 5.74) is 9.59. The average molecular weight is 221 g/mol. The fourth-order valence-corrected chi connectivity index (χ4v) is 1.95. The molecule has 1 rings (SSSR count). The maximum Gasteiger partial charge on any atom is 0.125 e. The fourth-order valence-electron chi connectivity index (χ4n) is 1.95. The summed E-state index contributed by atoms with van der Waals surface area (Å²) in [6.07, 6.45) is 1.91. The van der Waals surface area contributed by atoms with E-state index < -0.39 is 0 Å². The van der Waals surface area contributed by atoms with Gasteiger partial charge in [-0.15, -0.1) is 0 Å². The van der Waals surface area contributed by atoms with E-state index in [1.54, 1.807) is 0 Å². The molecule has 0 aromatic heterocycles. The summed E-state index contributed by atoms with van der Waals surface area (Å²) in [6, 6.07) is 4.52. The number of ether oxygens (including phenoxy) is 1. The molecule has 0 aliphatic rings. The maximum absolute atomic E-state index is 5.87. The number of nitrogens with two attached hydrogens (primary N) is 1. The van der Waals surface area contributed by atoms with Crippen LogP contribution in [0.3, 0.4) is 0 Å². The highest BCUT2D eigenvalue weighted by atomic mass is 16.5. The normalized spacial score (nSPS) is 12.6. The van der Waals surface area contributed by atoms with Gasteiger partial charge in [-0.05, 0) is 44.7 Å². The Labute approximate surface area is 98.8 Å². The van der Waals surface area contributed by atoms with E-state index in [1.165, 1.54) is 16.7 Å². The van der Waals surface area contributed by atoms with E-state index in [2.05, 4.69) is 32.9 Å². The van der Waals surface area contributed by atoms with E-state index in [0.717, 1.165) is 25.2 Å². The first-order chi connectivity index (χ1) is 7.54. The topological polar surface area (TPSA) is 35.2 Å². The molecule has 1 aromatic rings. The number of hydrogen-bond acceptors (Lipinski definition) is 2. The largest absolute Gasteiger partial charge is 0.493 e. The third-order valence-electron chi connectivity index (χ3n) is 2.49. The second kappa shape index (κ2) is 5.90. The zero-order chi connectivity index (χ0) is 12.1. The molecular weight excluding hydrogens is 198 g/mol. The zero-order valence-corrected chi connectivity index (χ0v) is 10.8. The van der Waals surface area contributed by atoms with Gasteiger partial charge in [-0.2, -0.15) is 0 Å². The molecule has 2 N–H and O–H groups in total. The lowest BCUT2D eigenvalue weighted by Gasteiger charge is -2.16. The van der Waals surface area contributed by atoms with Crippen LogP contribution in [0.5, 0.6) is 5.75 Å². The van der Waals surface area contributed by atoms with Gasteiger partial charge in [-0.1, -0.05) is 24.6 Å². The van der Waals surface area contributed by atoms with Crippen LogP contribution < -0.4 is 10.5 Å². The van der Waals surface area contributed by atoms with Crippen LogP contribution in [0.15, 0.2) is 12.1 Å². The molecular formula is C14H23NO. The van der Waals surface area contributed by atoms with Crippen molar-refractivity contribution in [3.05, 3.63) is 28.8 Å². The van der Waals surface area contributed by atoms with Crippen LogP contribution in [0.1, 0.15) is 37.0 Å². The van der Waals surface area contributed by atoms with Gasteiger partial charge in [0.2, 0.25) is 0 Å². The van der Waals surface area contributed by atoms with Crippen LogP contribution in [-0.2, 0) is 6.42 Å². The van der Waals surface area contributed by atoms with Crippen molar-refractivity contribution in [3.63, 3.8) is 0 Å². The lowest BCUT2D eigenvalue weighted by molar-refractivity contribution is 0.311. The summed E-state index contributed by atoms with van der Waals surface area (Å²) in [5, 5.41) is 0. The standard InChI is InChI=1S/C14H23NO/c1-5-6-16-14-11(3)7-10(2)8-13(14)9-12(4)15/h7-8,12H,5-6,9,15H2,1-4H3. The molecule has 0 bridgehead atoms. The van der Waals surface area contributed by atoms with Crippen LogP contribution in [0.4, 0.5) is 0 Å². The fraction of sp³-hybridized carbons (Fsp3) is 0.571. The van der Waals surface area contributed by atoms with Gasteiger partial charge in [-0.3, -0.25) is 0 Å². The smallest absolute Gasteiger partial charge is 0.125 e. The molecule has 0 amide bonds. The quantitative estimate of drug-likeness (QED) is 0.829. The molecule has 0 radical (unpaired) electrons. The molecule has 0 aliphatic heterocycles. The first-order valence-electron chi connectivity index (χ1n) is 6.03. The van der Waals surface area contributed by atoms with Gasteiger partial charge in [0, 0.05) is 6.04 Å². The molecule has 0 spiro atoms. The number of benzene rings is 1. The van der Waals surface area contributed by atoms with Crippen LogP contribution in [0.25, 0.3) is 0 Å². The van der Waals surface area contributed by atoms with E-state index >= 15 is 0 Å². The van der Waals surface area contributed by atoms with Gasteiger partial charge in [0.1, 0.15) is 5.75 Å². The van der Waals surface area contributed by atoms with Crippen molar-refractivity contribution >= 4 is 0 Å². The minimum Gasteiger partial charge on any atom is -0.493 e. The summed E-state index contributed by atoms with van der Waals surface area (Å²) in [6.45, 7) is 9.13. The summed E-state index contributed by atoms with van der Waals surface area (Å²) in [5.74, 6) is 1.03. The van der Waals surface area contributed by atoms with Gasteiger partial charge in [0.15, 0.2) is 0 Å². The summed E-state index contributed by atoms with van der Waals surface area (Å²) in [7, 11) is 0. The molecule has 0 aliphatic carbocycles.